The molecule has 1 N–H and O–H groups in total. The maximum Gasteiger partial charge on any atom is 0.347 e. The first kappa shape index (κ1) is 13.7. The molecule has 1 aromatic rings. The summed E-state index contributed by atoms with van der Waals surface area (Å²) in [5, 5.41) is 9.76. The van der Waals surface area contributed by atoms with Crippen LogP contribution in [0.15, 0.2) is 6.07 Å². The molecule has 0 aliphatic carbocycles. The molecule has 19 heavy (non-hydrogen) atoms. The van der Waals surface area contributed by atoms with Gasteiger partial charge in [-0.2, -0.15) is 0 Å². The van der Waals surface area contributed by atoms with Crippen molar-refractivity contribution in [3.63, 3.8) is 0 Å². The number of phenolic OH excluding ortho intramolecular Hbond substituents is 1. The molecule has 2 rings (SSSR count). The Labute approximate surface area is 115 Å². The van der Waals surface area contributed by atoms with E-state index < -0.39 is 12.1 Å². The van der Waals surface area contributed by atoms with Gasteiger partial charge in [0.25, 0.3) is 0 Å². The van der Waals surface area contributed by atoms with Gasteiger partial charge in [0.1, 0.15) is 16.5 Å². The molecule has 6 heteroatoms. The van der Waals surface area contributed by atoms with Crippen LogP contribution in [0.5, 0.6) is 11.5 Å². The zero-order valence-corrected chi connectivity index (χ0v) is 11.3. The number of aromatic hydroxyl groups is 1. The summed E-state index contributed by atoms with van der Waals surface area (Å²) in [5.41, 5.74) is 0.739. The Hall–Kier alpha value is -1.75. The number of benzene rings is 1. The van der Waals surface area contributed by atoms with E-state index in [4.69, 9.17) is 21.1 Å². The number of esters is 1. The minimum atomic E-state index is -0.783. The van der Waals surface area contributed by atoms with E-state index in [0.29, 0.717) is 5.56 Å². The molecule has 1 aromatic carbocycles. The monoisotopic (exact) mass is 284 g/mol. The molecule has 0 spiro atoms. The highest BCUT2D eigenvalue weighted by Crippen LogP contribution is 2.43. The summed E-state index contributed by atoms with van der Waals surface area (Å²) >= 11 is 5.96. The molecule has 102 valence electrons. The van der Waals surface area contributed by atoms with Crippen molar-refractivity contribution in [2.75, 3.05) is 6.61 Å². The van der Waals surface area contributed by atoms with Crippen LogP contribution in [-0.4, -0.2) is 29.6 Å². The van der Waals surface area contributed by atoms with Gasteiger partial charge in [-0.1, -0.05) is 11.6 Å². The highest BCUT2D eigenvalue weighted by molar-refractivity contribution is 6.34. The Balaban J connectivity index is 2.36. The lowest BCUT2D eigenvalue weighted by atomic mass is 10.0. The normalized spacial score (nSPS) is 16.7. The average molecular weight is 285 g/mol. The van der Waals surface area contributed by atoms with Crippen LogP contribution in [0.1, 0.15) is 29.8 Å². The second-order valence-electron chi connectivity index (χ2n) is 4.19. The summed E-state index contributed by atoms with van der Waals surface area (Å²) in [7, 11) is 0. The predicted molar refractivity (Wildman–Crippen MR) is 67.9 cm³/mol. The molecule has 5 nitrogen and oxygen atoms in total. The first-order chi connectivity index (χ1) is 8.95. The number of fused-ring (bicyclic) bond motifs is 1. The van der Waals surface area contributed by atoms with E-state index in [-0.39, 0.29) is 40.9 Å². The van der Waals surface area contributed by atoms with Gasteiger partial charge in [0.2, 0.25) is 0 Å². The fourth-order valence-corrected chi connectivity index (χ4v) is 2.24. The summed E-state index contributed by atoms with van der Waals surface area (Å²) in [6.07, 6.45) is -0.511. The van der Waals surface area contributed by atoms with Crippen molar-refractivity contribution in [1.82, 2.24) is 0 Å². The van der Waals surface area contributed by atoms with Crippen molar-refractivity contribution >= 4 is 23.4 Å². The van der Waals surface area contributed by atoms with Gasteiger partial charge in [-0.05, 0) is 19.9 Å². The van der Waals surface area contributed by atoms with E-state index in [9.17, 15) is 14.7 Å². The van der Waals surface area contributed by atoms with E-state index in [1.807, 2.05) is 0 Å². The molecular weight excluding hydrogens is 272 g/mol. The van der Waals surface area contributed by atoms with Gasteiger partial charge in [0.05, 0.1) is 12.2 Å². The van der Waals surface area contributed by atoms with Crippen LogP contribution in [-0.2, 0) is 16.0 Å². The van der Waals surface area contributed by atoms with E-state index in [1.54, 1.807) is 6.92 Å². The Kier molecular flexibility index (Phi) is 3.66. The smallest absolute Gasteiger partial charge is 0.347 e. The molecule has 0 bridgehead atoms. The maximum atomic E-state index is 11.6. The summed E-state index contributed by atoms with van der Waals surface area (Å²) < 4.78 is 10.3. The van der Waals surface area contributed by atoms with Gasteiger partial charge >= 0.3 is 5.97 Å². The molecule has 1 atom stereocenters. The van der Waals surface area contributed by atoms with Crippen molar-refractivity contribution in [3.05, 3.63) is 22.2 Å². The quantitative estimate of drug-likeness (QED) is 0.680. The number of carbonyl (C=O) groups is 2. The molecule has 1 unspecified atom stereocenters. The fraction of sp³-hybridized carbons (Fsp3) is 0.385. The molecule has 0 aromatic heterocycles. The first-order valence-electron chi connectivity index (χ1n) is 5.84. The minimum Gasteiger partial charge on any atom is -0.505 e. The lowest BCUT2D eigenvalue weighted by Gasteiger charge is -2.10. The summed E-state index contributed by atoms with van der Waals surface area (Å²) in [5.74, 6) is -0.875. The molecule has 0 saturated heterocycles. The lowest BCUT2D eigenvalue weighted by molar-refractivity contribution is -0.150. The molecule has 0 fully saturated rings. The molecule has 0 radical (unpaired) electrons. The first-order valence-corrected chi connectivity index (χ1v) is 6.22. The van der Waals surface area contributed by atoms with Crippen LogP contribution in [0.4, 0.5) is 0 Å². The molecular formula is C13H13ClO5. The van der Waals surface area contributed by atoms with Gasteiger partial charge in [0.15, 0.2) is 11.9 Å². The number of rotatable bonds is 3. The van der Waals surface area contributed by atoms with Gasteiger partial charge in [-0.25, -0.2) is 4.79 Å². The number of phenols is 1. The Morgan fingerprint density at radius 3 is 2.84 bits per heavy atom. The zero-order chi connectivity index (χ0) is 14.2. The summed E-state index contributed by atoms with van der Waals surface area (Å²) in [4.78, 5) is 23.0. The largest absolute Gasteiger partial charge is 0.505 e. The second kappa shape index (κ2) is 5.09. The van der Waals surface area contributed by atoms with Crippen LogP contribution in [0, 0.1) is 0 Å². The fourth-order valence-electron chi connectivity index (χ4n) is 1.97. The Bertz CT molecular complexity index is 552. The van der Waals surface area contributed by atoms with Crippen LogP contribution in [0.25, 0.3) is 0 Å². The van der Waals surface area contributed by atoms with Crippen molar-refractivity contribution in [2.45, 2.75) is 26.4 Å². The van der Waals surface area contributed by atoms with Crippen LogP contribution < -0.4 is 4.74 Å². The highest BCUT2D eigenvalue weighted by Gasteiger charge is 2.34. The molecule has 0 amide bonds. The zero-order valence-electron chi connectivity index (χ0n) is 10.5. The standard InChI is InChI=1S/C13H13ClO5/c1-3-18-13(17)9-5-7-4-8(6(2)15)11(16)10(14)12(7)19-9/h4,9,16H,3,5H2,1-2H3. The predicted octanol–water partition coefficient (Wildman–Crippen LogP) is 2.11. The van der Waals surface area contributed by atoms with Gasteiger partial charge in [-0.15, -0.1) is 0 Å². The van der Waals surface area contributed by atoms with E-state index in [0.717, 1.165) is 0 Å². The number of ketones is 1. The van der Waals surface area contributed by atoms with Gasteiger partial charge < -0.3 is 14.6 Å². The molecule has 0 saturated carbocycles. The van der Waals surface area contributed by atoms with E-state index in [1.165, 1.54) is 13.0 Å². The number of halogens is 1. The van der Waals surface area contributed by atoms with Gasteiger partial charge in [-0.3, -0.25) is 4.79 Å². The molecule has 1 heterocycles. The molecule has 1 aliphatic heterocycles. The maximum absolute atomic E-state index is 11.6. The third-order valence-corrected chi connectivity index (χ3v) is 3.22. The topological polar surface area (TPSA) is 72.8 Å². The number of ether oxygens (including phenoxy) is 2. The number of Topliss-reactive ketones (excluding diaryl/α,β-unsaturated/α-hetero) is 1. The Morgan fingerprint density at radius 2 is 2.26 bits per heavy atom. The lowest BCUT2D eigenvalue weighted by Crippen LogP contribution is -2.27. The van der Waals surface area contributed by atoms with E-state index in [2.05, 4.69) is 0 Å². The molecule has 1 aliphatic rings. The third kappa shape index (κ3) is 2.38. The minimum absolute atomic E-state index is 0.0468. The number of carbonyl (C=O) groups excluding carboxylic acids is 2. The summed E-state index contributed by atoms with van der Waals surface area (Å²) in [6.45, 7) is 3.29. The average Bonchev–Trinajstić information content (AvgIpc) is 2.78. The van der Waals surface area contributed by atoms with Gasteiger partial charge in [0, 0.05) is 12.0 Å². The Morgan fingerprint density at radius 1 is 1.58 bits per heavy atom. The van der Waals surface area contributed by atoms with Crippen LogP contribution in [0.2, 0.25) is 5.02 Å². The SMILES string of the molecule is CCOC(=O)C1Cc2cc(C(C)=O)c(O)c(Cl)c2O1. The highest BCUT2D eigenvalue weighted by atomic mass is 35.5. The van der Waals surface area contributed by atoms with Crippen LogP contribution >= 0.6 is 11.6 Å². The van der Waals surface area contributed by atoms with Crippen molar-refractivity contribution in [3.8, 4) is 11.5 Å². The van der Waals surface area contributed by atoms with Crippen molar-refractivity contribution in [1.29, 1.82) is 0 Å². The number of hydrogen-bond donors (Lipinski definition) is 1. The summed E-state index contributed by atoms with van der Waals surface area (Å²) in [6, 6.07) is 1.50. The third-order valence-electron chi connectivity index (χ3n) is 2.87. The second-order valence-corrected chi connectivity index (χ2v) is 4.57. The number of hydrogen-bond acceptors (Lipinski definition) is 5. The van der Waals surface area contributed by atoms with Crippen LogP contribution in [0.3, 0.4) is 0 Å². The van der Waals surface area contributed by atoms with Crippen molar-refractivity contribution in [2.24, 2.45) is 0 Å². The van der Waals surface area contributed by atoms with Crippen molar-refractivity contribution < 1.29 is 24.2 Å². The van der Waals surface area contributed by atoms with E-state index >= 15 is 0 Å².